The highest BCUT2D eigenvalue weighted by Gasteiger charge is 2.38. The predicted molar refractivity (Wildman–Crippen MR) is 151 cm³/mol. The topological polar surface area (TPSA) is 116 Å². The van der Waals surface area contributed by atoms with Crippen molar-refractivity contribution < 1.29 is 14.4 Å². The molecule has 38 heavy (non-hydrogen) atoms. The Labute approximate surface area is 227 Å². The second-order valence-corrected chi connectivity index (χ2v) is 9.35. The van der Waals surface area contributed by atoms with Gasteiger partial charge in [0.05, 0.1) is 11.4 Å². The standard InChI is InChI=1S/C27H20N6O3S2/c34-23(32-28-15-21-24(35)31-27(37)33(25(21)36)20-9-5-2-6-10-20)18-11-13-19(14-12-18)29-26-30-22(16-38-26)17-7-3-1-4-8-17/h1-16,21H,(H,29,30)(H,32,34)(H,31,35,37)/b28-15-/t21-/m1/s1. The van der Waals surface area contributed by atoms with E-state index in [1.54, 1.807) is 54.6 Å². The number of rotatable bonds is 7. The summed E-state index contributed by atoms with van der Waals surface area (Å²) in [5, 5.41) is 12.3. The maximum atomic E-state index is 12.9. The quantitative estimate of drug-likeness (QED) is 0.139. The molecule has 0 aliphatic carbocycles. The van der Waals surface area contributed by atoms with Crippen LogP contribution in [0.25, 0.3) is 11.3 Å². The van der Waals surface area contributed by atoms with Crippen LogP contribution in [0, 0.1) is 5.92 Å². The summed E-state index contributed by atoms with van der Waals surface area (Å²) in [6.07, 6.45) is 1.09. The van der Waals surface area contributed by atoms with Gasteiger partial charge in [-0.15, -0.1) is 11.3 Å². The second kappa shape index (κ2) is 11.1. The fourth-order valence-electron chi connectivity index (χ4n) is 3.68. The Hall–Kier alpha value is -4.74. The van der Waals surface area contributed by atoms with Crippen LogP contribution in [0.3, 0.4) is 0 Å². The maximum Gasteiger partial charge on any atom is 0.271 e. The summed E-state index contributed by atoms with van der Waals surface area (Å²) in [4.78, 5) is 43.6. The minimum Gasteiger partial charge on any atom is -0.332 e. The summed E-state index contributed by atoms with van der Waals surface area (Å²) in [5.41, 5.74) is 5.91. The smallest absolute Gasteiger partial charge is 0.271 e. The van der Waals surface area contributed by atoms with Crippen molar-refractivity contribution in [2.45, 2.75) is 0 Å². The van der Waals surface area contributed by atoms with E-state index < -0.39 is 23.6 Å². The van der Waals surface area contributed by atoms with E-state index in [4.69, 9.17) is 12.2 Å². The third kappa shape index (κ3) is 5.48. The molecule has 2 heterocycles. The molecule has 3 N–H and O–H groups in total. The minimum absolute atomic E-state index is 0.0115. The van der Waals surface area contributed by atoms with Gasteiger partial charge in [0, 0.05) is 28.4 Å². The van der Waals surface area contributed by atoms with Gasteiger partial charge in [0.25, 0.3) is 11.8 Å². The van der Waals surface area contributed by atoms with Gasteiger partial charge >= 0.3 is 0 Å². The van der Waals surface area contributed by atoms with Gasteiger partial charge in [0.1, 0.15) is 0 Å². The molecule has 1 atom stereocenters. The highest BCUT2D eigenvalue weighted by atomic mass is 32.1. The number of para-hydroxylation sites is 1. The number of hydrogen-bond acceptors (Lipinski definition) is 8. The molecule has 0 radical (unpaired) electrons. The van der Waals surface area contributed by atoms with E-state index in [2.05, 4.69) is 26.1 Å². The molecule has 0 unspecified atom stereocenters. The van der Waals surface area contributed by atoms with Crippen LogP contribution in [0.5, 0.6) is 0 Å². The molecule has 0 bridgehead atoms. The van der Waals surface area contributed by atoms with E-state index in [1.807, 2.05) is 35.7 Å². The van der Waals surface area contributed by atoms with Gasteiger partial charge < -0.3 is 10.6 Å². The molecule has 188 valence electrons. The number of nitrogens with one attached hydrogen (secondary N) is 3. The van der Waals surface area contributed by atoms with Gasteiger partial charge in [-0.2, -0.15) is 5.10 Å². The van der Waals surface area contributed by atoms with Gasteiger partial charge in [-0.1, -0.05) is 48.5 Å². The molecule has 3 aromatic carbocycles. The monoisotopic (exact) mass is 540 g/mol. The Morgan fingerprint density at radius 2 is 1.68 bits per heavy atom. The Balaban J connectivity index is 1.19. The zero-order chi connectivity index (χ0) is 26.5. The van der Waals surface area contributed by atoms with Crippen LogP contribution >= 0.6 is 23.6 Å². The van der Waals surface area contributed by atoms with E-state index in [1.165, 1.54) is 16.2 Å². The third-order valence-corrected chi connectivity index (χ3v) is 6.62. The van der Waals surface area contributed by atoms with Gasteiger partial charge in [-0.25, -0.2) is 10.4 Å². The van der Waals surface area contributed by atoms with E-state index in [-0.39, 0.29) is 5.11 Å². The first kappa shape index (κ1) is 24.9. The molecule has 0 saturated carbocycles. The van der Waals surface area contributed by atoms with Crippen LogP contribution in [0.1, 0.15) is 10.4 Å². The molecule has 0 spiro atoms. The van der Waals surface area contributed by atoms with Crippen LogP contribution in [0.15, 0.2) is 95.4 Å². The normalized spacial score (nSPS) is 15.4. The van der Waals surface area contributed by atoms with E-state index in [0.29, 0.717) is 11.3 Å². The average molecular weight is 541 g/mol. The van der Waals surface area contributed by atoms with Crippen LogP contribution in [0.2, 0.25) is 0 Å². The van der Waals surface area contributed by atoms with Gasteiger partial charge in [0.2, 0.25) is 5.91 Å². The van der Waals surface area contributed by atoms with Crippen molar-refractivity contribution in [3.8, 4) is 11.3 Å². The Morgan fingerprint density at radius 3 is 2.39 bits per heavy atom. The van der Waals surface area contributed by atoms with E-state index in [9.17, 15) is 14.4 Å². The van der Waals surface area contributed by atoms with Gasteiger partial charge in [-0.05, 0) is 48.6 Å². The summed E-state index contributed by atoms with van der Waals surface area (Å²) >= 11 is 6.64. The minimum atomic E-state index is -1.24. The molecule has 1 aromatic heterocycles. The number of nitrogens with zero attached hydrogens (tertiary/aromatic N) is 3. The van der Waals surface area contributed by atoms with Crippen molar-refractivity contribution in [2.24, 2.45) is 11.0 Å². The van der Waals surface area contributed by atoms with E-state index >= 15 is 0 Å². The largest absolute Gasteiger partial charge is 0.332 e. The maximum absolute atomic E-state index is 12.9. The zero-order valence-electron chi connectivity index (χ0n) is 19.7. The Kier molecular flexibility index (Phi) is 7.29. The number of thiocarbonyl (C=S) groups is 1. The van der Waals surface area contributed by atoms with Crippen molar-refractivity contribution in [3.63, 3.8) is 0 Å². The number of carbonyl (C=O) groups excluding carboxylic acids is 3. The van der Waals surface area contributed by atoms with Crippen LogP contribution in [-0.4, -0.2) is 34.0 Å². The fraction of sp³-hybridized carbons (Fsp3) is 0.0370. The molecular formula is C27H20N6O3S2. The first-order valence-corrected chi connectivity index (χ1v) is 12.7. The molecule has 5 rings (SSSR count). The number of hydrogen-bond donors (Lipinski definition) is 3. The number of carbonyl (C=O) groups is 3. The van der Waals surface area contributed by atoms with Crippen LogP contribution in [-0.2, 0) is 9.59 Å². The number of hydrazone groups is 1. The Morgan fingerprint density at radius 1 is 1.00 bits per heavy atom. The SMILES string of the molecule is O=C(N/N=C\[C@@H]1C(=O)NC(=S)N(c2ccccc2)C1=O)c1ccc(Nc2nc(-c3ccccc3)cs2)cc1. The second-order valence-electron chi connectivity index (χ2n) is 8.11. The van der Waals surface area contributed by atoms with Gasteiger partial charge in [-0.3, -0.25) is 19.3 Å². The number of aromatic nitrogens is 1. The molecule has 4 aromatic rings. The predicted octanol–water partition coefficient (Wildman–Crippen LogP) is 4.33. The van der Waals surface area contributed by atoms with Crippen molar-refractivity contribution in [3.05, 3.63) is 95.9 Å². The van der Waals surface area contributed by atoms with E-state index in [0.717, 1.165) is 28.3 Å². The lowest BCUT2D eigenvalue weighted by Gasteiger charge is -2.30. The summed E-state index contributed by atoms with van der Waals surface area (Å²) in [5.74, 6) is -2.91. The molecule has 1 saturated heterocycles. The number of thiazole rings is 1. The average Bonchev–Trinajstić information content (AvgIpc) is 3.40. The highest BCUT2D eigenvalue weighted by Crippen LogP contribution is 2.27. The van der Waals surface area contributed by atoms with Crippen LogP contribution < -0.4 is 21.0 Å². The lowest BCUT2D eigenvalue weighted by molar-refractivity contribution is -0.130. The molecule has 1 fully saturated rings. The first-order valence-electron chi connectivity index (χ1n) is 11.4. The van der Waals surface area contributed by atoms with Gasteiger partial charge in [0.15, 0.2) is 16.2 Å². The molecule has 11 heteroatoms. The van der Waals surface area contributed by atoms with Crippen molar-refractivity contribution in [2.75, 3.05) is 10.2 Å². The highest BCUT2D eigenvalue weighted by molar-refractivity contribution is 7.80. The van der Waals surface area contributed by atoms with Crippen molar-refractivity contribution >= 4 is 69.1 Å². The molecule has 3 amide bonds. The summed E-state index contributed by atoms with van der Waals surface area (Å²) in [6, 6.07) is 25.4. The molecule has 9 nitrogen and oxygen atoms in total. The first-order chi connectivity index (χ1) is 18.5. The molecule has 1 aliphatic heterocycles. The lowest BCUT2D eigenvalue weighted by Crippen LogP contribution is -2.58. The Bertz CT molecular complexity index is 1520. The molecule has 1 aliphatic rings. The fourth-order valence-corrected chi connectivity index (χ4v) is 4.72. The number of benzene rings is 3. The van der Waals surface area contributed by atoms with Crippen molar-refractivity contribution in [1.82, 2.24) is 15.7 Å². The number of anilines is 3. The zero-order valence-corrected chi connectivity index (χ0v) is 21.3. The number of amides is 3. The lowest BCUT2D eigenvalue weighted by atomic mass is 10.1. The van der Waals surface area contributed by atoms with Crippen molar-refractivity contribution in [1.29, 1.82) is 0 Å². The summed E-state index contributed by atoms with van der Waals surface area (Å²) in [6.45, 7) is 0. The third-order valence-electron chi connectivity index (χ3n) is 5.58. The summed E-state index contributed by atoms with van der Waals surface area (Å²) < 4.78 is 0. The molecular weight excluding hydrogens is 520 g/mol. The van der Waals surface area contributed by atoms with Crippen LogP contribution in [0.4, 0.5) is 16.5 Å². The summed E-state index contributed by atoms with van der Waals surface area (Å²) in [7, 11) is 0.